The van der Waals surface area contributed by atoms with Gasteiger partial charge in [-0.05, 0) is 49.1 Å². The first-order valence-electron chi connectivity index (χ1n) is 14.5. The van der Waals surface area contributed by atoms with Crippen LogP contribution in [0, 0.1) is 5.82 Å². The SMILES string of the molecule is COc1ccc2c(c1)CCN(C1CCN(C(=O)Cn3cc(-c4cccc(F)c4Cl)c(=O)n(CCS(C)(=O)=O)c3=O)CC1)C(O)N2. The third-order valence-electron chi connectivity index (χ3n) is 8.31. The Hall–Kier alpha value is -3.72. The number of piperidine rings is 1. The molecule has 45 heavy (non-hydrogen) atoms. The van der Waals surface area contributed by atoms with E-state index < -0.39 is 52.1 Å². The Labute approximate surface area is 264 Å². The lowest BCUT2D eigenvalue weighted by molar-refractivity contribution is -0.134. The number of nitrogens with one attached hydrogen (secondary N) is 1. The Kier molecular flexibility index (Phi) is 9.68. The van der Waals surface area contributed by atoms with E-state index in [2.05, 4.69) is 5.32 Å². The second-order valence-corrected chi connectivity index (χ2v) is 13.9. The molecule has 15 heteroatoms. The van der Waals surface area contributed by atoms with Gasteiger partial charge in [-0.1, -0.05) is 23.7 Å². The highest BCUT2D eigenvalue weighted by Gasteiger charge is 2.32. The predicted octanol–water partition coefficient (Wildman–Crippen LogP) is 1.76. The fourth-order valence-corrected chi connectivity index (χ4v) is 6.57. The van der Waals surface area contributed by atoms with Crippen LogP contribution in [0.3, 0.4) is 0 Å². The van der Waals surface area contributed by atoms with Crippen molar-refractivity contribution in [3.63, 3.8) is 0 Å². The molecule has 2 aliphatic rings. The zero-order valence-electron chi connectivity index (χ0n) is 24.9. The number of anilines is 1. The molecule has 2 aromatic carbocycles. The van der Waals surface area contributed by atoms with Gasteiger partial charge in [-0.15, -0.1) is 0 Å². The number of sulfone groups is 1. The van der Waals surface area contributed by atoms with Crippen molar-refractivity contribution in [1.82, 2.24) is 18.9 Å². The standard InChI is InChI=1S/C30H35ClFN5O7S/c1-44-21-6-7-25-19(16-21)8-13-36(29(40)33-25)20-9-11-34(12-10-20)26(38)18-35-17-23(22-4-3-5-24(32)27(22)31)28(39)37(30(35)41)14-15-45(2,42)43/h3-7,16-17,20,29,33,40H,8-15,18H2,1-2H3. The van der Waals surface area contributed by atoms with Gasteiger partial charge < -0.3 is 20.1 Å². The Morgan fingerprint density at radius 1 is 1.13 bits per heavy atom. The van der Waals surface area contributed by atoms with Crippen LogP contribution in [-0.4, -0.2) is 89.5 Å². The summed E-state index contributed by atoms with van der Waals surface area (Å²) in [4.78, 5) is 43.6. The summed E-state index contributed by atoms with van der Waals surface area (Å²) >= 11 is 6.15. The Morgan fingerprint density at radius 2 is 1.87 bits per heavy atom. The number of benzene rings is 2. The van der Waals surface area contributed by atoms with Crippen molar-refractivity contribution in [2.45, 2.75) is 44.7 Å². The summed E-state index contributed by atoms with van der Waals surface area (Å²) in [6.45, 7) is 0.479. The molecule has 1 saturated heterocycles. The number of hydrogen-bond acceptors (Lipinski definition) is 9. The number of hydrogen-bond donors (Lipinski definition) is 2. The van der Waals surface area contributed by atoms with E-state index in [1.165, 1.54) is 18.3 Å². The van der Waals surface area contributed by atoms with E-state index in [0.29, 0.717) is 38.9 Å². The number of aromatic nitrogens is 2. The number of rotatable bonds is 8. The number of halogens is 2. The molecule has 0 radical (unpaired) electrons. The highest BCUT2D eigenvalue weighted by molar-refractivity contribution is 7.90. The number of fused-ring (bicyclic) bond motifs is 1. The van der Waals surface area contributed by atoms with Gasteiger partial charge in [-0.3, -0.25) is 23.6 Å². The molecule has 0 saturated carbocycles. The maximum atomic E-state index is 14.3. The van der Waals surface area contributed by atoms with Gasteiger partial charge in [0.1, 0.15) is 27.9 Å². The normalized spacial score (nSPS) is 17.8. The first-order valence-corrected chi connectivity index (χ1v) is 16.9. The lowest BCUT2D eigenvalue weighted by atomic mass is 10.0. The molecule has 2 aliphatic heterocycles. The molecule has 5 rings (SSSR count). The lowest BCUT2D eigenvalue weighted by Gasteiger charge is -2.40. The van der Waals surface area contributed by atoms with Crippen molar-refractivity contribution in [3.8, 4) is 16.9 Å². The number of carbonyl (C=O) groups excluding carboxylic acids is 1. The van der Waals surface area contributed by atoms with Gasteiger partial charge in [0.05, 0.1) is 23.4 Å². The quantitative estimate of drug-likeness (QED) is 0.369. The third kappa shape index (κ3) is 7.24. The summed E-state index contributed by atoms with van der Waals surface area (Å²) in [5.41, 5.74) is 0.0396. The van der Waals surface area contributed by atoms with Crippen LogP contribution in [0.4, 0.5) is 10.1 Å². The second kappa shape index (κ2) is 13.3. The number of ether oxygens (including phenoxy) is 1. The summed E-state index contributed by atoms with van der Waals surface area (Å²) in [6, 6.07) is 9.53. The molecule has 1 amide bonds. The van der Waals surface area contributed by atoms with Crippen LogP contribution in [0.5, 0.6) is 5.75 Å². The Balaban J connectivity index is 1.32. The molecule has 0 spiro atoms. The molecule has 1 unspecified atom stereocenters. The summed E-state index contributed by atoms with van der Waals surface area (Å²) in [7, 11) is -1.94. The molecule has 2 N–H and O–H groups in total. The minimum absolute atomic E-state index is 0.00454. The number of likely N-dealkylation sites (tertiary alicyclic amines) is 1. The molecule has 1 aromatic heterocycles. The molecule has 1 fully saturated rings. The van der Waals surface area contributed by atoms with E-state index in [9.17, 15) is 32.3 Å². The average Bonchev–Trinajstić information content (AvgIpc) is 3.17. The smallest absolute Gasteiger partial charge is 0.331 e. The Bertz CT molecular complexity index is 1820. The van der Waals surface area contributed by atoms with Gasteiger partial charge >= 0.3 is 5.69 Å². The lowest BCUT2D eigenvalue weighted by Crippen LogP contribution is -2.53. The first-order chi connectivity index (χ1) is 21.4. The average molecular weight is 664 g/mol. The zero-order valence-corrected chi connectivity index (χ0v) is 26.5. The van der Waals surface area contributed by atoms with E-state index in [1.807, 2.05) is 23.1 Å². The monoisotopic (exact) mass is 663 g/mol. The van der Waals surface area contributed by atoms with Gasteiger partial charge in [0, 0.05) is 55.9 Å². The maximum Gasteiger partial charge on any atom is 0.331 e. The Morgan fingerprint density at radius 3 is 2.56 bits per heavy atom. The molecule has 1 atom stereocenters. The highest BCUT2D eigenvalue weighted by atomic mass is 35.5. The van der Waals surface area contributed by atoms with Gasteiger partial charge in [0.25, 0.3) is 5.56 Å². The minimum Gasteiger partial charge on any atom is -0.497 e. The topological polar surface area (TPSA) is 143 Å². The fourth-order valence-electron chi connectivity index (χ4n) is 5.83. The summed E-state index contributed by atoms with van der Waals surface area (Å²) in [5, 5.41) is 13.8. The van der Waals surface area contributed by atoms with Crippen LogP contribution in [0.2, 0.25) is 5.02 Å². The molecule has 3 aromatic rings. The molecule has 0 aliphatic carbocycles. The highest BCUT2D eigenvalue weighted by Crippen LogP contribution is 2.29. The van der Waals surface area contributed by atoms with Crippen LogP contribution in [0.1, 0.15) is 18.4 Å². The van der Waals surface area contributed by atoms with Crippen LogP contribution < -0.4 is 21.3 Å². The van der Waals surface area contributed by atoms with Crippen molar-refractivity contribution in [3.05, 3.63) is 79.8 Å². The van der Waals surface area contributed by atoms with E-state index in [-0.39, 0.29) is 28.1 Å². The second-order valence-electron chi connectivity index (χ2n) is 11.3. The minimum atomic E-state index is -3.54. The van der Waals surface area contributed by atoms with E-state index in [0.717, 1.165) is 38.5 Å². The number of methoxy groups -OCH3 is 1. The van der Waals surface area contributed by atoms with Gasteiger partial charge in [0.2, 0.25) is 5.91 Å². The molecular formula is C30H35ClFN5O7S. The molecule has 3 heterocycles. The van der Waals surface area contributed by atoms with E-state index in [4.69, 9.17) is 16.3 Å². The van der Waals surface area contributed by atoms with Crippen LogP contribution in [0.25, 0.3) is 11.1 Å². The van der Waals surface area contributed by atoms with Gasteiger partial charge in [-0.2, -0.15) is 0 Å². The van der Waals surface area contributed by atoms with Gasteiger partial charge in [-0.25, -0.2) is 17.6 Å². The predicted molar refractivity (Wildman–Crippen MR) is 168 cm³/mol. The van der Waals surface area contributed by atoms with Crippen LogP contribution >= 0.6 is 11.6 Å². The first kappa shape index (κ1) is 32.7. The van der Waals surface area contributed by atoms with Crippen LogP contribution in [0.15, 0.2) is 52.2 Å². The van der Waals surface area contributed by atoms with E-state index >= 15 is 0 Å². The van der Waals surface area contributed by atoms with Crippen LogP contribution in [-0.2, 0) is 34.1 Å². The number of amides is 1. The van der Waals surface area contributed by atoms with Crippen molar-refractivity contribution >= 4 is 33.0 Å². The molecular weight excluding hydrogens is 629 g/mol. The molecule has 0 bridgehead atoms. The largest absolute Gasteiger partial charge is 0.497 e. The van der Waals surface area contributed by atoms with Crippen molar-refractivity contribution in [2.75, 3.05) is 44.1 Å². The number of carbonyl (C=O) groups is 1. The van der Waals surface area contributed by atoms with Crippen molar-refractivity contribution < 1.29 is 27.4 Å². The third-order valence-corrected chi connectivity index (χ3v) is 9.62. The van der Waals surface area contributed by atoms with Crippen molar-refractivity contribution in [1.29, 1.82) is 0 Å². The summed E-state index contributed by atoms with van der Waals surface area (Å²) < 4.78 is 45.0. The molecule has 242 valence electrons. The number of aliphatic hydroxyl groups excluding tert-OH is 1. The number of aliphatic hydroxyl groups is 1. The summed E-state index contributed by atoms with van der Waals surface area (Å²) in [6.07, 6.45) is 3.10. The number of nitrogens with zero attached hydrogens (tertiary/aromatic N) is 4. The van der Waals surface area contributed by atoms with E-state index in [1.54, 1.807) is 12.0 Å². The fraction of sp³-hybridized carbons (Fsp3) is 0.433. The zero-order chi connectivity index (χ0) is 32.5. The maximum absolute atomic E-state index is 14.3. The molecule has 12 nitrogen and oxygen atoms in total. The van der Waals surface area contributed by atoms with Gasteiger partial charge in [0.15, 0.2) is 6.35 Å². The van der Waals surface area contributed by atoms with Crippen molar-refractivity contribution in [2.24, 2.45) is 0 Å². The summed E-state index contributed by atoms with van der Waals surface area (Å²) in [5.74, 6) is -0.906.